The molecule has 0 radical (unpaired) electrons. The Kier molecular flexibility index (Phi) is 4.16. The van der Waals surface area contributed by atoms with E-state index in [1.807, 2.05) is 29.7 Å². The number of aryl methyl sites for hydroxylation is 2. The maximum Gasteiger partial charge on any atom is 0.303 e. The normalized spacial score (nSPS) is 11.1. The Morgan fingerprint density at radius 2 is 2.21 bits per heavy atom. The monoisotopic (exact) mass is 262 g/mol. The number of fused-ring (bicyclic) bond motifs is 1. The summed E-state index contributed by atoms with van der Waals surface area (Å²) in [6.45, 7) is 2.54. The number of aliphatic carboxylic acids is 1. The van der Waals surface area contributed by atoms with Crippen LogP contribution in [-0.4, -0.2) is 32.3 Å². The highest BCUT2D eigenvalue weighted by atomic mass is 16.4. The molecule has 0 spiro atoms. The van der Waals surface area contributed by atoms with Crippen molar-refractivity contribution in [2.45, 2.75) is 32.7 Å². The number of hydrogen-bond donors (Lipinski definition) is 2. The standard InChI is InChI=1S/C14H18N2O3/c1-10-5-6-12-11(9-10)15-13(16(12)7-8-17)3-2-4-14(18)19/h5-6,9,17H,2-4,7-8H2,1H3,(H,18,19). The average molecular weight is 262 g/mol. The van der Waals surface area contributed by atoms with Crippen molar-refractivity contribution in [2.24, 2.45) is 0 Å². The Balaban J connectivity index is 2.30. The van der Waals surface area contributed by atoms with Crippen LogP contribution in [0.5, 0.6) is 0 Å². The molecule has 0 fully saturated rings. The molecule has 0 aliphatic carbocycles. The van der Waals surface area contributed by atoms with Crippen molar-refractivity contribution in [3.8, 4) is 0 Å². The Morgan fingerprint density at radius 1 is 1.42 bits per heavy atom. The summed E-state index contributed by atoms with van der Waals surface area (Å²) in [6.07, 6.45) is 1.31. The number of rotatable bonds is 6. The van der Waals surface area contributed by atoms with Crippen molar-refractivity contribution < 1.29 is 15.0 Å². The van der Waals surface area contributed by atoms with Gasteiger partial charge in [0.1, 0.15) is 5.82 Å². The maximum absolute atomic E-state index is 10.5. The van der Waals surface area contributed by atoms with E-state index in [9.17, 15) is 4.79 Å². The van der Waals surface area contributed by atoms with E-state index < -0.39 is 5.97 Å². The van der Waals surface area contributed by atoms with E-state index in [-0.39, 0.29) is 13.0 Å². The molecule has 0 atom stereocenters. The number of carboxylic acid groups (broad SMARTS) is 1. The Labute approximate surface area is 111 Å². The fourth-order valence-corrected chi connectivity index (χ4v) is 2.23. The molecule has 5 heteroatoms. The van der Waals surface area contributed by atoms with E-state index in [4.69, 9.17) is 10.2 Å². The first-order valence-electron chi connectivity index (χ1n) is 6.40. The third-order valence-corrected chi connectivity index (χ3v) is 3.10. The number of aromatic nitrogens is 2. The molecule has 1 aromatic carbocycles. The minimum atomic E-state index is -0.791. The molecule has 19 heavy (non-hydrogen) atoms. The van der Waals surface area contributed by atoms with E-state index in [0.29, 0.717) is 19.4 Å². The summed E-state index contributed by atoms with van der Waals surface area (Å²) >= 11 is 0. The highest BCUT2D eigenvalue weighted by Crippen LogP contribution is 2.19. The van der Waals surface area contributed by atoms with Gasteiger partial charge in [-0.1, -0.05) is 6.07 Å². The van der Waals surface area contributed by atoms with Crippen LogP contribution in [0.2, 0.25) is 0 Å². The second-order valence-electron chi connectivity index (χ2n) is 4.64. The van der Waals surface area contributed by atoms with Crippen LogP contribution in [0.25, 0.3) is 11.0 Å². The maximum atomic E-state index is 10.5. The van der Waals surface area contributed by atoms with E-state index in [1.54, 1.807) is 0 Å². The molecule has 0 aliphatic rings. The predicted octanol–water partition coefficient (Wildman–Crippen LogP) is 1.74. The van der Waals surface area contributed by atoms with Crippen LogP contribution in [0.1, 0.15) is 24.2 Å². The van der Waals surface area contributed by atoms with Crippen molar-refractivity contribution in [3.63, 3.8) is 0 Å². The zero-order valence-corrected chi connectivity index (χ0v) is 11.0. The van der Waals surface area contributed by atoms with Crippen LogP contribution >= 0.6 is 0 Å². The molecule has 102 valence electrons. The van der Waals surface area contributed by atoms with E-state index >= 15 is 0 Å². The van der Waals surface area contributed by atoms with Gasteiger partial charge in [0.2, 0.25) is 0 Å². The van der Waals surface area contributed by atoms with Crippen molar-refractivity contribution in [2.75, 3.05) is 6.61 Å². The van der Waals surface area contributed by atoms with Gasteiger partial charge in [-0.2, -0.15) is 0 Å². The summed E-state index contributed by atoms with van der Waals surface area (Å²) in [5.74, 6) is 0.0524. The zero-order valence-electron chi connectivity index (χ0n) is 11.0. The molecule has 0 aliphatic heterocycles. The molecular weight excluding hydrogens is 244 g/mol. The largest absolute Gasteiger partial charge is 0.481 e. The topological polar surface area (TPSA) is 75.3 Å². The lowest BCUT2D eigenvalue weighted by Gasteiger charge is -2.06. The van der Waals surface area contributed by atoms with Gasteiger partial charge in [-0.3, -0.25) is 4.79 Å². The van der Waals surface area contributed by atoms with Gasteiger partial charge in [0.25, 0.3) is 0 Å². The van der Waals surface area contributed by atoms with E-state index in [0.717, 1.165) is 22.4 Å². The quantitative estimate of drug-likeness (QED) is 0.831. The number of carboxylic acids is 1. The number of nitrogens with zero attached hydrogens (tertiary/aromatic N) is 2. The minimum Gasteiger partial charge on any atom is -0.481 e. The molecular formula is C14H18N2O3. The van der Waals surface area contributed by atoms with Gasteiger partial charge in [0, 0.05) is 19.4 Å². The smallest absolute Gasteiger partial charge is 0.303 e. The van der Waals surface area contributed by atoms with Gasteiger partial charge >= 0.3 is 5.97 Å². The average Bonchev–Trinajstić information content (AvgIpc) is 2.67. The predicted molar refractivity (Wildman–Crippen MR) is 72.1 cm³/mol. The number of imidazole rings is 1. The number of aliphatic hydroxyl groups is 1. The first-order chi connectivity index (χ1) is 9.11. The van der Waals surface area contributed by atoms with Gasteiger partial charge in [-0.15, -0.1) is 0 Å². The van der Waals surface area contributed by atoms with Crippen LogP contribution in [0, 0.1) is 6.92 Å². The lowest BCUT2D eigenvalue weighted by Crippen LogP contribution is -2.07. The summed E-state index contributed by atoms with van der Waals surface area (Å²) in [7, 11) is 0. The van der Waals surface area contributed by atoms with Gasteiger partial charge in [0.15, 0.2) is 0 Å². The van der Waals surface area contributed by atoms with Crippen LogP contribution in [0.4, 0.5) is 0 Å². The summed E-state index contributed by atoms with van der Waals surface area (Å²) in [6, 6.07) is 6.01. The van der Waals surface area contributed by atoms with Crippen molar-refractivity contribution in [1.82, 2.24) is 9.55 Å². The summed E-state index contributed by atoms with van der Waals surface area (Å²) in [5.41, 5.74) is 3.03. The van der Waals surface area contributed by atoms with Crippen molar-refractivity contribution in [1.29, 1.82) is 0 Å². The highest BCUT2D eigenvalue weighted by Gasteiger charge is 2.10. The Bertz CT molecular complexity index is 590. The summed E-state index contributed by atoms with van der Waals surface area (Å²) < 4.78 is 1.97. The Hall–Kier alpha value is -1.88. The molecule has 5 nitrogen and oxygen atoms in total. The van der Waals surface area contributed by atoms with Crippen LogP contribution in [-0.2, 0) is 17.8 Å². The lowest BCUT2D eigenvalue weighted by molar-refractivity contribution is -0.137. The third-order valence-electron chi connectivity index (χ3n) is 3.10. The first kappa shape index (κ1) is 13.5. The summed E-state index contributed by atoms with van der Waals surface area (Å²) in [5, 5.41) is 17.8. The third kappa shape index (κ3) is 3.12. The van der Waals surface area contributed by atoms with Gasteiger partial charge in [-0.25, -0.2) is 4.98 Å². The van der Waals surface area contributed by atoms with Crippen LogP contribution in [0.15, 0.2) is 18.2 Å². The van der Waals surface area contributed by atoms with Gasteiger partial charge < -0.3 is 14.8 Å². The van der Waals surface area contributed by atoms with Gasteiger partial charge in [0.05, 0.1) is 17.6 Å². The molecule has 0 saturated heterocycles. The van der Waals surface area contributed by atoms with E-state index in [2.05, 4.69) is 4.98 Å². The fourth-order valence-electron chi connectivity index (χ4n) is 2.23. The highest BCUT2D eigenvalue weighted by molar-refractivity contribution is 5.77. The number of benzene rings is 1. The molecule has 0 saturated carbocycles. The number of carbonyl (C=O) groups is 1. The Morgan fingerprint density at radius 3 is 2.89 bits per heavy atom. The molecule has 2 rings (SSSR count). The molecule has 1 aromatic heterocycles. The van der Waals surface area contributed by atoms with Crippen LogP contribution < -0.4 is 0 Å². The van der Waals surface area contributed by atoms with E-state index in [1.165, 1.54) is 0 Å². The zero-order chi connectivity index (χ0) is 13.8. The molecule has 0 amide bonds. The molecule has 0 bridgehead atoms. The molecule has 2 N–H and O–H groups in total. The minimum absolute atomic E-state index is 0.0469. The molecule has 2 aromatic rings. The first-order valence-corrected chi connectivity index (χ1v) is 6.40. The number of aliphatic hydroxyl groups excluding tert-OH is 1. The number of hydrogen-bond acceptors (Lipinski definition) is 3. The molecule has 1 heterocycles. The van der Waals surface area contributed by atoms with Gasteiger partial charge in [-0.05, 0) is 31.0 Å². The second kappa shape index (κ2) is 5.84. The second-order valence-corrected chi connectivity index (χ2v) is 4.64. The lowest BCUT2D eigenvalue weighted by atomic mass is 10.2. The van der Waals surface area contributed by atoms with Crippen molar-refractivity contribution in [3.05, 3.63) is 29.6 Å². The fraction of sp³-hybridized carbons (Fsp3) is 0.429. The summed E-state index contributed by atoms with van der Waals surface area (Å²) in [4.78, 5) is 15.1. The van der Waals surface area contributed by atoms with Crippen molar-refractivity contribution >= 4 is 17.0 Å². The van der Waals surface area contributed by atoms with Crippen LogP contribution in [0.3, 0.4) is 0 Å². The SMILES string of the molecule is Cc1ccc2c(c1)nc(CCCC(=O)O)n2CCO. The molecule has 0 unspecified atom stereocenters.